The van der Waals surface area contributed by atoms with Gasteiger partial charge in [0.05, 0.1) is 12.2 Å². The molecule has 0 aromatic carbocycles. The molecule has 5 nitrogen and oxygen atoms in total. The summed E-state index contributed by atoms with van der Waals surface area (Å²) in [5, 5.41) is 1.23. The highest BCUT2D eigenvalue weighted by atomic mass is 32.2. The van der Waals surface area contributed by atoms with Crippen LogP contribution in [0.3, 0.4) is 0 Å². The maximum atomic E-state index is 4.79. The van der Waals surface area contributed by atoms with Crippen LogP contribution in [0.2, 0.25) is 0 Å². The first-order valence-electron chi connectivity index (χ1n) is 10.0. The average molecular weight is 402 g/mol. The SMILES string of the molecule is CC1(C)CN=C(N2CCN(c3ncnc4c3C3=C(CCCC3)SC4)CC2)S1. The quantitative estimate of drug-likeness (QED) is 0.708. The Morgan fingerprint density at radius 2 is 1.78 bits per heavy atom. The van der Waals surface area contributed by atoms with Gasteiger partial charge in [-0.2, -0.15) is 0 Å². The van der Waals surface area contributed by atoms with Gasteiger partial charge in [-0.05, 0) is 50.0 Å². The summed E-state index contributed by atoms with van der Waals surface area (Å²) in [5.74, 6) is 2.18. The monoisotopic (exact) mass is 401 g/mol. The van der Waals surface area contributed by atoms with Crippen LogP contribution in [0, 0.1) is 0 Å². The summed E-state index contributed by atoms with van der Waals surface area (Å²) in [7, 11) is 0. The van der Waals surface area contributed by atoms with Crippen LogP contribution >= 0.6 is 23.5 Å². The molecule has 0 radical (unpaired) electrons. The average Bonchev–Trinajstić information content (AvgIpc) is 3.07. The maximum absolute atomic E-state index is 4.79. The minimum absolute atomic E-state index is 0.250. The molecule has 1 saturated heterocycles. The van der Waals surface area contributed by atoms with E-state index in [0.717, 1.165) is 38.5 Å². The van der Waals surface area contributed by atoms with Gasteiger partial charge in [0.2, 0.25) is 0 Å². The van der Waals surface area contributed by atoms with Crippen molar-refractivity contribution in [2.75, 3.05) is 37.6 Å². The van der Waals surface area contributed by atoms with Gasteiger partial charge in [-0.25, -0.2) is 9.97 Å². The number of hydrogen-bond donors (Lipinski definition) is 0. The number of hydrogen-bond acceptors (Lipinski definition) is 7. The first-order chi connectivity index (χ1) is 13.1. The lowest BCUT2D eigenvalue weighted by atomic mass is 9.92. The van der Waals surface area contributed by atoms with Crippen molar-refractivity contribution in [3.8, 4) is 0 Å². The van der Waals surface area contributed by atoms with Crippen LogP contribution in [0.25, 0.3) is 5.57 Å². The second kappa shape index (κ2) is 6.99. The van der Waals surface area contributed by atoms with Gasteiger partial charge in [-0.15, -0.1) is 11.8 Å². The van der Waals surface area contributed by atoms with E-state index in [1.807, 2.05) is 23.5 Å². The molecule has 4 heterocycles. The topological polar surface area (TPSA) is 44.6 Å². The van der Waals surface area contributed by atoms with Crippen molar-refractivity contribution < 1.29 is 0 Å². The third-order valence-corrected chi connectivity index (χ3v) is 8.29. The molecule has 0 amide bonds. The van der Waals surface area contributed by atoms with Crippen LogP contribution in [0.1, 0.15) is 50.8 Å². The van der Waals surface area contributed by atoms with E-state index in [1.165, 1.54) is 47.9 Å². The Labute approximate surface area is 170 Å². The Morgan fingerprint density at radius 1 is 1.00 bits per heavy atom. The van der Waals surface area contributed by atoms with Gasteiger partial charge in [-0.1, -0.05) is 11.8 Å². The van der Waals surface area contributed by atoms with Gasteiger partial charge >= 0.3 is 0 Å². The fraction of sp³-hybridized carbons (Fsp3) is 0.650. The van der Waals surface area contributed by atoms with Crippen molar-refractivity contribution in [3.63, 3.8) is 0 Å². The predicted octanol–water partition coefficient (Wildman–Crippen LogP) is 4.01. The molecule has 0 unspecified atom stereocenters. The molecule has 1 aliphatic carbocycles. The molecular weight excluding hydrogens is 374 g/mol. The maximum Gasteiger partial charge on any atom is 0.159 e. The predicted molar refractivity (Wildman–Crippen MR) is 116 cm³/mol. The zero-order valence-electron chi connectivity index (χ0n) is 16.2. The van der Waals surface area contributed by atoms with Crippen molar-refractivity contribution in [2.45, 2.75) is 50.0 Å². The number of amidine groups is 1. The Balaban J connectivity index is 1.37. The molecule has 1 aromatic rings. The third kappa shape index (κ3) is 3.37. The van der Waals surface area contributed by atoms with Crippen molar-refractivity contribution in [3.05, 3.63) is 22.5 Å². The molecule has 0 N–H and O–H groups in total. The third-order valence-electron chi connectivity index (χ3n) is 5.82. The van der Waals surface area contributed by atoms with Crippen LogP contribution in [0.4, 0.5) is 5.82 Å². The van der Waals surface area contributed by atoms with Gasteiger partial charge in [0.25, 0.3) is 0 Å². The molecule has 4 aliphatic rings. The fourth-order valence-electron chi connectivity index (χ4n) is 4.37. The number of anilines is 1. The van der Waals surface area contributed by atoms with Crippen molar-refractivity contribution in [1.82, 2.24) is 14.9 Å². The summed E-state index contributed by atoms with van der Waals surface area (Å²) in [6.45, 7) is 9.58. The zero-order chi connectivity index (χ0) is 18.4. The Kier molecular flexibility index (Phi) is 4.63. The molecule has 5 rings (SSSR count). The molecule has 3 aliphatic heterocycles. The minimum atomic E-state index is 0.250. The molecule has 1 fully saturated rings. The summed E-state index contributed by atoms with van der Waals surface area (Å²) in [6.07, 6.45) is 6.84. The van der Waals surface area contributed by atoms with E-state index in [4.69, 9.17) is 9.98 Å². The number of aromatic nitrogens is 2. The van der Waals surface area contributed by atoms with Crippen molar-refractivity contribution in [2.24, 2.45) is 4.99 Å². The van der Waals surface area contributed by atoms with Gasteiger partial charge in [-0.3, -0.25) is 4.99 Å². The summed E-state index contributed by atoms with van der Waals surface area (Å²) >= 11 is 3.94. The Hall–Kier alpha value is -1.21. The normalized spacial score (nSPS) is 24.6. The smallest absolute Gasteiger partial charge is 0.159 e. The zero-order valence-corrected chi connectivity index (χ0v) is 17.8. The lowest BCUT2D eigenvalue weighted by molar-refractivity contribution is 0.390. The van der Waals surface area contributed by atoms with E-state index in [-0.39, 0.29) is 4.75 Å². The Bertz CT molecular complexity index is 809. The van der Waals surface area contributed by atoms with E-state index < -0.39 is 0 Å². The number of nitrogens with zero attached hydrogens (tertiary/aromatic N) is 5. The molecule has 0 atom stereocenters. The lowest BCUT2D eigenvalue weighted by Gasteiger charge is -2.38. The second-order valence-corrected chi connectivity index (χ2v) is 11.1. The summed E-state index contributed by atoms with van der Waals surface area (Å²) in [4.78, 5) is 20.7. The molecular formula is C20H27N5S2. The highest BCUT2D eigenvalue weighted by molar-refractivity contribution is 8.15. The van der Waals surface area contributed by atoms with Crippen LogP contribution < -0.4 is 4.90 Å². The van der Waals surface area contributed by atoms with Crippen LogP contribution in [-0.4, -0.2) is 57.5 Å². The number of thioether (sulfide) groups is 2. The van der Waals surface area contributed by atoms with Crippen molar-refractivity contribution in [1.29, 1.82) is 0 Å². The first kappa shape index (κ1) is 17.9. The fourth-order valence-corrected chi connectivity index (χ4v) is 6.63. The van der Waals surface area contributed by atoms with Gasteiger partial charge in [0, 0.05) is 42.2 Å². The summed E-state index contributed by atoms with van der Waals surface area (Å²) in [5.41, 5.74) is 4.15. The molecule has 27 heavy (non-hydrogen) atoms. The number of piperazine rings is 1. The highest BCUT2D eigenvalue weighted by Gasteiger charge is 2.33. The van der Waals surface area contributed by atoms with E-state index in [9.17, 15) is 0 Å². The van der Waals surface area contributed by atoms with Gasteiger partial charge in [0.15, 0.2) is 5.17 Å². The van der Waals surface area contributed by atoms with E-state index in [0.29, 0.717) is 0 Å². The first-order valence-corrected chi connectivity index (χ1v) is 11.8. The molecule has 7 heteroatoms. The Morgan fingerprint density at radius 3 is 2.56 bits per heavy atom. The van der Waals surface area contributed by atoms with E-state index in [1.54, 1.807) is 16.8 Å². The summed E-state index contributed by atoms with van der Waals surface area (Å²) < 4.78 is 0.250. The number of rotatable bonds is 1. The van der Waals surface area contributed by atoms with Crippen LogP contribution in [0.15, 0.2) is 16.2 Å². The minimum Gasteiger partial charge on any atom is -0.352 e. The van der Waals surface area contributed by atoms with E-state index >= 15 is 0 Å². The summed E-state index contributed by atoms with van der Waals surface area (Å²) in [6, 6.07) is 0. The molecule has 0 spiro atoms. The molecule has 1 aromatic heterocycles. The number of fused-ring (bicyclic) bond motifs is 2. The lowest BCUT2D eigenvalue weighted by Crippen LogP contribution is -2.48. The number of allylic oxidation sites excluding steroid dienone is 2. The van der Waals surface area contributed by atoms with Gasteiger partial charge < -0.3 is 9.80 Å². The van der Waals surface area contributed by atoms with Crippen LogP contribution in [-0.2, 0) is 5.75 Å². The van der Waals surface area contributed by atoms with Gasteiger partial charge in [0.1, 0.15) is 12.1 Å². The largest absolute Gasteiger partial charge is 0.352 e. The van der Waals surface area contributed by atoms with Crippen LogP contribution in [0.5, 0.6) is 0 Å². The van der Waals surface area contributed by atoms with Crippen molar-refractivity contribution >= 4 is 40.1 Å². The standard InChI is InChI=1S/C20H27N5S2/c1-20(2)12-21-19(27-20)25-9-7-24(8-10-25)18-17-14-5-3-4-6-16(14)26-11-15(17)22-13-23-18/h13H,3-12H2,1-2H3. The second-order valence-electron chi connectivity index (χ2n) is 8.35. The number of aliphatic imine (C=N–C) groups is 1. The molecule has 0 saturated carbocycles. The highest BCUT2D eigenvalue weighted by Crippen LogP contribution is 2.47. The van der Waals surface area contributed by atoms with E-state index in [2.05, 4.69) is 28.6 Å². The molecule has 0 bridgehead atoms. The molecule has 144 valence electrons.